The maximum Gasteiger partial charge on any atom is 0.260 e. The maximum atomic E-state index is 13.1. The zero-order chi connectivity index (χ0) is 19.2. The van der Waals surface area contributed by atoms with Gasteiger partial charge in [0.15, 0.2) is 11.4 Å². The Morgan fingerprint density at radius 1 is 1.26 bits per heavy atom. The SMILES string of the molecule is CC(C)c1noc(C2(O)CCN(S(=O)(=O)C3=Cc4ccccc4CC3)C2)n1. The number of fused-ring (bicyclic) bond motifs is 1. The standard InChI is InChI=1S/C19H23N3O4S/c1-13(2)17-20-18(26-21-17)19(23)9-10-22(12-19)27(24,25)16-8-7-14-5-3-4-6-15(14)11-16/h3-6,11,13,23H,7-10,12H2,1-2H3. The molecular formula is C19H23N3O4S. The van der Waals surface area contributed by atoms with Gasteiger partial charge in [-0.2, -0.15) is 9.29 Å². The number of hydrogen-bond donors (Lipinski definition) is 1. The molecule has 1 N–H and O–H groups in total. The molecule has 7 nitrogen and oxygen atoms in total. The van der Waals surface area contributed by atoms with Crippen LogP contribution in [0.15, 0.2) is 33.7 Å². The lowest BCUT2D eigenvalue weighted by molar-refractivity contribution is 0.0194. The molecule has 4 rings (SSSR count). The minimum Gasteiger partial charge on any atom is -0.379 e. The van der Waals surface area contributed by atoms with Gasteiger partial charge in [-0.25, -0.2) is 8.42 Å². The minimum atomic E-state index is -3.65. The van der Waals surface area contributed by atoms with Crippen molar-refractivity contribution < 1.29 is 18.0 Å². The molecule has 0 spiro atoms. The molecule has 1 aliphatic heterocycles. The van der Waals surface area contributed by atoms with Gasteiger partial charge in [0.1, 0.15) is 0 Å². The van der Waals surface area contributed by atoms with Gasteiger partial charge in [-0.05, 0) is 30.0 Å². The molecule has 0 bridgehead atoms. The number of nitrogens with zero attached hydrogens (tertiary/aromatic N) is 3. The molecule has 27 heavy (non-hydrogen) atoms. The molecule has 0 amide bonds. The number of aliphatic hydroxyl groups is 1. The van der Waals surface area contributed by atoms with Crippen LogP contribution < -0.4 is 0 Å². The molecule has 1 unspecified atom stereocenters. The summed E-state index contributed by atoms with van der Waals surface area (Å²) >= 11 is 0. The number of aryl methyl sites for hydroxylation is 1. The summed E-state index contributed by atoms with van der Waals surface area (Å²) < 4.78 is 32.8. The molecule has 144 valence electrons. The molecule has 1 atom stereocenters. The van der Waals surface area contributed by atoms with Gasteiger partial charge in [0.05, 0.1) is 11.4 Å². The molecule has 1 saturated heterocycles. The monoisotopic (exact) mass is 389 g/mol. The van der Waals surface area contributed by atoms with E-state index in [0.29, 0.717) is 23.6 Å². The van der Waals surface area contributed by atoms with E-state index in [-0.39, 0.29) is 31.3 Å². The highest BCUT2D eigenvalue weighted by atomic mass is 32.2. The number of aromatic nitrogens is 2. The molecule has 2 heterocycles. The smallest absolute Gasteiger partial charge is 0.260 e. The number of rotatable bonds is 4. The highest BCUT2D eigenvalue weighted by molar-refractivity contribution is 7.93. The molecule has 1 aromatic carbocycles. The summed E-state index contributed by atoms with van der Waals surface area (Å²) in [5, 5.41) is 14.8. The normalized spacial score (nSPS) is 23.5. The molecule has 1 aromatic heterocycles. The van der Waals surface area contributed by atoms with E-state index < -0.39 is 15.6 Å². The molecule has 1 aliphatic carbocycles. The van der Waals surface area contributed by atoms with Crippen molar-refractivity contribution in [1.82, 2.24) is 14.4 Å². The van der Waals surface area contributed by atoms with E-state index in [0.717, 1.165) is 11.1 Å². The average Bonchev–Trinajstić information content (AvgIpc) is 3.30. The van der Waals surface area contributed by atoms with E-state index >= 15 is 0 Å². The third-order valence-electron chi connectivity index (χ3n) is 5.25. The Balaban J connectivity index is 1.58. The molecule has 8 heteroatoms. The lowest BCUT2D eigenvalue weighted by Crippen LogP contribution is -2.35. The summed E-state index contributed by atoms with van der Waals surface area (Å²) in [6, 6.07) is 7.81. The van der Waals surface area contributed by atoms with Gasteiger partial charge >= 0.3 is 0 Å². The Bertz CT molecular complexity index is 996. The summed E-state index contributed by atoms with van der Waals surface area (Å²) in [5.41, 5.74) is 0.650. The summed E-state index contributed by atoms with van der Waals surface area (Å²) in [5.74, 6) is 0.665. The predicted octanol–water partition coefficient (Wildman–Crippen LogP) is 2.40. The van der Waals surface area contributed by atoms with E-state index in [1.54, 1.807) is 6.08 Å². The Kier molecular flexibility index (Phi) is 4.44. The maximum absolute atomic E-state index is 13.1. The van der Waals surface area contributed by atoms with Crippen molar-refractivity contribution in [2.24, 2.45) is 0 Å². The lowest BCUT2D eigenvalue weighted by atomic mass is 9.98. The first kappa shape index (κ1) is 18.3. The first-order valence-electron chi connectivity index (χ1n) is 9.15. The van der Waals surface area contributed by atoms with Crippen LogP contribution in [0.4, 0.5) is 0 Å². The van der Waals surface area contributed by atoms with Crippen LogP contribution in [0.5, 0.6) is 0 Å². The fourth-order valence-corrected chi connectivity index (χ4v) is 5.26. The van der Waals surface area contributed by atoms with Crippen LogP contribution in [0.25, 0.3) is 6.08 Å². The van der Waals surface area contributed by atoms with Gasteiger partial charge in [0, 0.05) is 18.9 Å². The second-order valence-corrected chi connectivity index (χ2v) is 9.53. The fourth-order valence-electron chi connectivity index (χ4n) is 3.57. The molecule has 2 aromatic rings. The Labute approximate surface area is 158 Å². The van der Waals surface area contributed by atoms with Crippen LogP contribution in [0.3, 0.4) is 0 Å². The number of β-amino-alcohol motifs (C(OH)–C–C–N with tert-alkyl or cyclic N) is 1. The largest absolute Gasteiger partial charge is 0.379 e. The van der Waals surface area contributed by atoms with Gasteiger partial charge in [-0.15, -0.1) is 0 Å². The molecule has 0 saturated carbocycles. The van der Waals surface area contributed by atoms with Gasteiger partial charge in [0.25, 0.3) is 5.89 Å². The van der Waals surface area contributed by atoms with Crippen molar-refractivity contribution in [3.63, 3.8) is 0 Å². The quantitative estimate of drug-likeness (QED) is 0.863. The van der Waals surface area contributed by atoms with E-state index in [4.69, 9.17) is 4.52 Å². The van der Waals surface area contributed by atoms with Crippen LogP contribution >= 0.6 is 0 Å². The summed E-state index contributed by atoms with van der Waals surface area (Å²) in [6.07, 6.45) is 3.14. The number of hydrogen-bond acceptors (Lipinski definition) is 6. The summed E-state index contributed by atoms with van der Waals surface area (Å²) in [7, 11) is -3.65. The Morgan fingerprint density at radius 3 is 2.78 bits per heavy atom. The number of sulfonamides is 1. The number of benzene rings is 1. The zero-order valence-corrected chi connectivity index (χ0v) is 16.2. The summed E-state index contributed by atoms with van der Waals surface area (Å²) in [4.78, 5) is 4.65. The summed E-state index contributed by atoms with van der Waals surface area (Å²) in [6.45, 7) is 4.00. The topological polar surface area (TPSA) is 96.5 Å². The molecule has 2 aliphatic rings. The van der Waals surface area contributed by atoms with Crippen molar-refractivity contribution >= 4 is 16.1 Å². The second-order valence-electron chi connectivity index (χ2n) is 7.54. The van der Waals surface area contributed by atoms with E-state index in [9.17, 15) is 13.5 Å². The lowest BCUT2D eigenvalue weighted by Gasteiger charge is -2.23. The van der Waals surface area contributed by atoms with Crippen molar-refractivity contribution in [3.8, 4) is 0 Å². The third kappa shape index (κ3) is 3.22. The average molecular weight is 389 g/mol. The van der Waals surface area contributed by atoms with Crippen molar-refractivity contribution in [2.75, 3.05) is 13.1 Å². The van der Waals surface area contributed by atoms with E-state index in [1.807, 2.05) is 38.1 Å². The van der Waals surface area contributed by atoms with E-state index in [2.05, 4.69) is 10.1 Å². The van der Waals surface area contributed by atoms with Gasteiger partial charge in [-0.1, -0.05) is 43.3 Å². The van der Waals surface area contributed by atoms with Crippen LogP contribution in [-0.2, 0) is 22.0 Å². The third-order valence-corrected chi connectivity index (χ3v) is 7.23. The molecule has 1 fully saturated rings. The van der Waals surface area contributed by atoms with Crippen LogP contribution in [0.1, 0.15) is 55.4 Å². The Hall–Kier alpha value is -2.03. The predicted molar refractivity (Wildman–Crippen MR) is 100 cm³/mol. The first-order chi connectivity index (χ1) is 12.8. The number of allylic oxidation sites excluding steroid dienone is 1. The van der Waals surface area contributed by atoms with Crippen LogP contribution in [0, 0.1) is 0 Å². The fraction of sp³-hybridized carbons (Fsp3) is 0.474. The zero-order valence-electron chi connectivity index (χ0n) is 15.4. The van der Waals surface area contributed by atoms with Crippen molar-refractivity contribution in [3.05, 3.63) is 52.0 Å². The van der Waals surface area contributed by atoms with Gasteiger partial charge in [-0.3, -0.25) is 0 Å². The van der Waals surface area contributed by atoms with Crippen molar-refractivity contribution in [2.45, 2.75) is 44.6 Å². The first-order valence-corrected chi connectivity index (χ1v) is 10.6. The van der Waals surface area contributed by atoms with Crippen LogP contribution in [0.2, 0.25) is 0 Å². The van der Waals surface area contributed by atoms with E-state index in [1.165, 1.54) is 4.31 Å². The minimum absolute atomic E-state index is 0.0693. The Morgan fingerprint density at radius 2 is 2.04 bits per heavy atom. The highest BCUT2D eigenvalue weighted by Gasteiger charge is 2.47. The van der Waals surface area contributed by atoms with Gasteiger partial charge < -0.3 is 9.63 Å². The highest BCUT2D eigenvalue weighted by Crippen LogP contribution is 2.36. The molecular weight excluding hydrogens is 366 g/mol. The van der Waals surface area contributed by atoms with Crippen molar-refractivity contribution in [1.29, 1.82) is 0 Å². The second kappa shape index (κ2) is 6.54. The van der Waals surface area contributed by atoms with Crippen LogP contribution in [-0.4, -0.2) is 41.1 Å². The molecule has 0 radical (unpaired) electrons. The van der Waals surface area contributed by atoms with Gasteiger partial charge in [0.2, 0.25) is 10.0 Å².